The first-order chi connectivity index (χ1) is 8.65. The van der Waals surface area contributed by atoms with Crippen LogP contribution in [0.25, 0.3) is 0 Å². The molecule has 100 valence electrons. The zero-order chi connectivity index (χ0) is 13.5. The van der Waals surface area contributed by atoms with Crippen molar-refractivity contribution in [2.45, 2.75) is 39.7 Å². The van der Waals surface area contributed by atoms with Crippen molar-refractivity contribution in [1.82, 2.24) is 9.88 Å². The summed E-state index contributed by atoms with van der Waals surface area (Å²) in [5.74, 6) is 0.0575. The van der Waals surface area contributed by atoms with Crippen molar-refractivity contribution >= 4 is 11.6 Å². The minimum absolute atomic E-state index is 0.0575. The van der Waals surface area contributed by atoms with Crippen LogP contribution in [-0.4, -0.2) is 35.4 Å². The average Bonchev–Trinajstić information content (AvgIpc) is 2.40. The molecule has 0 radical (unpaired) electrons. The molecule has 1 aromatic rings. The second kappa shape index (κ2) is 6.99. The molecule has 0 atom stereocenters. The number of rotatable bonds is 6. The number of aromatic nitrogens is 1. The lowest BCUT2D eigenvalue weighted by Gasteiger charge is -2.27. The SMILES string of the molecule is CCNc1cnccc1C(=O)N(C)C(CC)CC. The topological polar surface area (TPSA) is 45.2 Å². The standard InChI is InChI=1S/C14H23N3O/c1-5-11(6-2)17(4)14(18)12-8-9-15-10-13(12)16-7-3/h8-11,16H,5-7H2,1-4H3. The van der Waals surface area contributed by atoms with Crippen molar-refractivity contribution in [3.63, 3.8) is 0 Å². The Morgan fingerprint density at radius 2 is 2.06 bits per heavy atom. The number of pyridine rings is 1. The molecule has 4 nitrogen and oxygen atoms in total. The van der Waals surface area contributed by atoms with Crippen LogP contribution in [0.1, 0.15) is 44.0 Å². The molecule has 0 aliphatic heterocycles. The molecule has 18 heavy (non-hydrogen) atoms. The van der Waals surface area contributed by atoms with Crippen LogP contribution < -0.4 is 5.32 Å². The van der Waals surface area contributed by atoms with E-state index < -0.39 is 0 Å². The van der Waals surface area contributed by atoms with Crippen LogP contribution in [0.5, 0.6) is 0 Å². The summed E-state index contributed by atoms with van der Waals surface area (Å²) in [6.45, 7) is 7.00. The second-order valence-electron chi connectivity index (χ2n) is 4.34. The highest BCUT2D eigenvalue weighted by molar-refractivity contribution is 5.99. The molecule has 0 aliphatic rings. The molecule has 0 unspecified atom stereocenters. The fraction of sp³-hybridized carbons (Fsp3) is 0.571. The number of amides is 1. The average molecular weight is 249 g/mol. The Morgan fingerprint density at radius 1 is 1.39 bits per heavy atom. The minimum Gasteiger partial charge on any atom is -0.383 e. The van der Waals surface area contributed by atoms with Gasteiger partial charge in [0.05, 0.1) is 17.4 Å². The van der Waals surface area contributed by atoms with Crippen LogP contribution in [0, 0.1) is 0 Å². The summed E-state index contributed by atoms with van der Waals surface area (Å²) in [5, 5.41) is 3.18. The molecule has 0 aromatic carbocycles. The predicted molar refractivity (Wildman–Crippen MR) is 74.9 cm³/mol. The van der Waals surface area contributed by atoms with Gasteiger partial charge in [0.2, 0.25) is 0 Å². The molecule has 1 N–H and O–H groups in total. The molecule has 0 fully saturated rings. The van der Waals surface area contributed by atoms with Crippen LogP contribution in [0.2, 0.25) is 0 Å². The summed E-state index contributed by atoms with van der Waals surface area (Å²) in [4.78, 5) is 18.3. The molecular weight excluding hydrogens is 226 g/mol. The first-order valence-electron chi connectivity index (χ1n) is 6.60. The number of hydrogen-bond acceptors (Lipinski definition) is 3. The first-order valence-corrected chi connectivity index (χ1v) is 6.60. The Labute approximate surface area is 109 Å². The Hall–Kier alpha value is -1.58. The molecule has 0 bridgehead atoms. The molecule has 0 spiro atoms. The molecule has 4 heteroatoms. The van der Waals surface area contributed by atoms with E-state index in [9.17, 15) is 4.79 Å². The number of anilines is 1. The molecule has 1 aromatic heterocycles. The Kier molecular flexibility index (Phi) is 5.62. The van der Waals surface area contributed by atoms with Gasteiger partial charge < -0.3 is 10.2 Å². The van der Waals surface area contributed by atoms with Gasteiger partial charge in [-0.05, 0) is 25.8 Å². The van der Waals surface area contributed by atoms with E-state index in [-0.39, 0.29) is 5.91 Å². The van der Waals surface area contributed by atoms with Gasteiger partial charge in [-0.15, -0.1) is 0 Å². The maximum atomic E-state index is 12.5. The van der Waals surface area contributed by atoms with Crippen LogP contribution in [-0.2, 0) is 0 Å². The number of carbonyl (C=O) groups is 1. The van der Waals surface area contributed by atoms with Crippen LogP contribution in [0.15, 0.2) is 18.5 Å². The highest BCUT2D eigenvalue weighted by Gasteiger charge is 2.20. The van der Waals surface area contributed by atoms with Crippen molar-refractivity contribution in [1.29, 1.82) is 0 Å². The van der Waals surface area contributed by atoms with Crippen molar-refractivity contribution in [2.75, 3.05) is 18.9 Å². The monoisotopic (exact) mass is 249 g/mol. The lowest BCUT2D eigenvalue weighted by atomic mass is 10.1. The number of nitrogens with zero attached hydrogens (tertiary/aromatic N) is 2. The van der Waals surface area contributed by atoms with E-state index in [4.69, 9.17) is 0 Å². The maximum absolute atomic E-state index is 12.5. The predicted octanol–water partition coefficient (Wildman–Crippen LogP) is 2.77. The van der Waals surface area contributed by atoms with Crippen LogP contribution in [0.3, 0.4) is 0 Å². The maximum Gasteiger partial charge on any atom is 0.256 e. The smallest absolute Gasteiger partial charge is 0.256 e. The van der Waals surface area contributed by atoms with Gasteiger partial charge in [-0.3, -0.25) is 9.78 Å². The normalized spacial score (nSPS) is 10.5. The third kappa shape index (κ3) is 3.22. The number of hydrogen-bond donors (Lipinski definition) is 1. The van der Waals surface area contributed by atoms with Gasteiger partial charge in [0, 0.05) is 25.8 Å². The van der Waals surface area contributed by atoms with E-state index in [0.29, 0.717) is 11.6 Å². The van der Waals surface area contributed by atoms with Gasteiger partial charge in [0.25, 0.3) is 5.91 Å². The van der Waals surface area contributed by atoms with E-state index in [1.54, 1.807) is 18.5 Å². The zero-order valence-electron chi connectivity index (χ0n) is 11.7. The molecular formula is C14H23N3O. The third-order valence-corrected chi connectivity index (χ3v) is 3.23. The number of carbonyl (C=O) groups excluding carboxylic acids is 1. The summed E-state index contributed by atoms with van der Waals surface area (Å²) in [6.07, 6.45) is 5.31. The van der Waals surface area contributed by atoms with Crippen molar-refractivity contribution < 1.29 is 4.79 Å². The molecule has 0 saturated carbocycles. The summed E-state index contributed by atoms with van der Waals surface area (Å²) in [5.41, 5.74) is 1.50. The molecule has 1 amide bonds. The van der Waals surface area contributed by atoms with Gasteiger partial charge in [-0.2, -0.15) is 0 Å². The molecule has 0 saturated heterocycles. The van der Waals surface area contributed by atoms with Crippen molar-refractivity contribution in [2.24, 2.45) is 0 Å². The summed E-state index contributed by atoms with van der Waals surface area (Å²) in [7, 11) is 1.87. The van der Waals surface area contributed by atoms with E-state index in [0.717, 1.165) is 25.1 Å². The fourth-order valence-electron chi connectivity index (χ4n) is 2.10. The lowest BCUT2D eigenvalue weighted by molar-refractivity contribution is 0.0724. The van der Waals surface area contributed by atoms with Crippen LogP contribution >= 0.6 is 0 Å². The van der Waals surface area contributed by atoms with Gasteiger partial charge in [-0.25, -0.2) is 0 Å². The van der Waals surface area contributed by atoms with E-state index >= 15 is 0 Å². The molecule has 0 aliphatic carbocycles. The Bertz CT molecular complexity index is 388. The molecule has 1 heterocycles. The lowest BCUT2D eigenvalue weighted by Crippen LogP contribution is -2.36. The van der Waals surface area contributed by atoms with Gasteiger partial charge >= 0.3 is 0 Å². The second-order valence-corrected chi connectivity index (χ2v) is 4.34. The summed E-state index contributed by atoms with van der Waals surface area (Å²) in [6, 6.07) is 2.07. The van der Waals surface area contributed by atoms with Crippen molar-refractivity contribution in [3.8, 4) is 0 Å². The van der Waals surface area contributed by atoms with Crippen LogP contribution in [0.4, 0.5) is 5.69 Å². The van der Waals surface area contributed by atoms with E-state index in [1.807, 2.05) is 18.9 Å². The fourth-order valence-corrected chi connectivity index (χ4v) is 2.10. The van der Waals surface area contributed by atoms with E-state index in [1.165, 1.54) is 0 Å². The van der Waals surface area contributed by atoms with Crippen molar-refractivity contribution in [3.05, 3.63) is 24.0 Å². The first kappa shape index (κ1) is 14.5. The minimum atomic E-state index is 0.0575. The highest BCUT2D eigenvalue weighted by atomic mass is 16.2. The Morgan fingerprint density at radius 3 is 2.61 bits per heavy atom. The highest BCUT2D eigenvalue weighted by Crippen LogP contribution is 2.18. The largest absolute Gasteiger partial charge is 0.383 e. The zero-order valence-corrected chi connectivity index (χ0v) is 11.7. The van der Waals surface area contributed by atoms with Gasteiger partial charge in [0.15, 0.2) is 0 Å². The molecule has 1 rings (SSSR count). The summed E-state index contributed by atoms with van der Waals surface area (Å²) >= 11 is 0. The van der Waals surface area contributed by atoms with Gasteiger partial charge in [-0.1, -0.05) is 13.8 Å². The third-order valence-electron chi connectivity index (χ3n) is 3.23. The summed E-state index contributed by atoms with van der Waals surface area (Å²) < 4.78 is 0. The quantitative estimate of drug-likeness (QED) is 0.843. The Balaban J connectivity index is 2.95. The number of nitrogens with one attached hydrogen (secondary N) is 1. The van der Waals surface area contributed by atoms with E-state index in [2.05, 4.69) is 24.1 Å². The van der Waals surface area contributed by atoms with Gasteiger partial charge in [0.1, 0.15) is 0 Å².